The molecule has 3 aromatic rings. The fraction of sp³-hybridized carbons (Fsp3) is 0.111. The fourth-order valence-electron chi connectivity index (χ4n) is 2.58. The molecule has 0 radical (unpaired) electrons. The lowest BCUT2D eigenvalue weighted by atomic mass is 10.1. The Bertz CT molecular complexity index is 983. The van der Waals surface area contributed by atoms with Crippen LogP contribution in [0.5, 0.6) is 17.2 Å². The van der Waals surface area contributed by atoms with Crippen molar-refractivity contribution in [3.8, 4) is 28.6 Å². The third-order valence-corrected chi connectivity index (χ3v) is 4.69. The third kappa shape index (κ3) is 2.95. The summed E-state index contributed by atoms with van der Waals surface area (Å²) in [5.74, 6) is 1.15. The van der Waals surface area contributed by atoms with Crippen LogP contribution >= 0.6 is 11.8 Å². The molecule has 0 amide bonds. The van der Waals surface area contributed by atoms with Crippen molar-refractivity contribution in [1.29, 1.82) is 0 Å². The zero-order valence-corrected chi connectivity index (χ0v) is 14.7. The van der Waals surface area contributed by atoms with E-state index in [0.717, 1.165) is 22.6 Å². The van der Waals surface area contributed by atoms with Gasteiger partial charge in [-0.25, -0.2) is 4.68 Å². The molecule has 3 N–H and O–H groups in total. The van der Waals surface area contributed by atoms with E-state index < -0.39 is 0 Å². The molecule has 1 aliphatic heterocycles. The maximum atomic E-state index is 9.73. The number of aromatic hydroxyl groups is 2. The Morgan fingerprint density at radius 2 is 1.81 bits per heavy atom. The highest BCUT2D eigenvalue weighted by Crippen LogP contribution is 2.34. The van der Waals surface area contributed by atoms with E-state index in [1.165, 1.54) is 23.9 Å². The molecule has 4 rings (SSSR count). The van der Waals surface area contributed by atoms with Crippen molar-refractivity contribution in [2.75, 3.05) is 12.0 Å². The van der Waals surface area contributed by atoms with Crippen molar-refractivity contribution in [2.24, 2.45) is 0 Å². The van der Waals surface area contributed by atoms with E-state index in [2.05, 4.69) is 15.6 Å². The lowest BCUT2D eigenvalue weighted by Gasteiger charge is -2.19. The van der Waals surface area contributed by atoms with Crippen LogP contribution in [0, 0.1) is 0 Å². The Kier molecular flexibility index (Phi) is 4.18. The molecule has 0 aliphatic carbocycles. The molecule has 0 saturated heterocycles. The highest BCUT2D eigenvalue weighted by atomic mass is 32.2. The summed E-state index contributed by atoms with van der Waals surface area (Å²) in [5.41, 5.74) is 5.66. The first-order chi connectivity index (χ1) is 12.7. The standard InChI is InChI=1S/C18H16N4O3S/c1-2-25-13-6-3-11(4-7-13)17-19-20-18-22(17)21-14(10-26-18)12-5-8-15(23)16(24)9-12/h3-10,21,23-24H,2H2,1H3. The SMILES string of the molecule is CCOc1ccc(-c2nnc3n2NC(c2ccc(O)c(O)c2)=CS3)cc1. The summed E-state index contributed by atoms with van der Waals surface area (Å²) in [7, 11) is 0. The van der Waals surface area contributed by atoms with Crippen molar-refractivity contribution < 1.29 is 14.9 Å². The summed E-state index contributed by atoms with van der Waals surface area (Å²) in [5, 5.41) is 30.3. The minimum Gasteiger partial charge on any atom is -0.504 e. The predicted octanol–water partition coefficient (Wildman–Crippen LogP) is 3.40. The average molecular weight is 368 g/mol. The zero-order valence-electron chi connectivity index (χ0n) is 13.9. The Labute approximate surface area is 153 Å². The lowest BCUT2D eigenvalue weighted by Crippen LogP contribution is -2.18. The topological polar surface area (TPSA) is 92.4 Å². The van der Waals surface area contributed by atoms with Crippen molar-refractivity contribution in [3.05, 3.63) is 53.4 Å². The number of rotatable bonds is 4. The van der Waals surface area contributed by atoms with E-state index in [1.807, 2.05) is 36.6 Å². The number of hydrogen-bond donors (Lipinski definition) is 3. The summed E-state index contributed by atoms with van der Waals surface area (Å²) < 4.78 is 7.26. The van der Waals surface area contributed by atoms with Gasteiger partial charge in [0, 0.05) is 16.5 Å². The molecule has 7 nitrogen and oxygen atoms in total. The minimum atomic E-state index is -0.170. The number of hydrogen-bond acceptors (Lipinski definition) is 7. The molecule has 26 heavy (non-hydrogen) atoms. The number of fused-ring (bicyclic) bond motifs is 1. The number of nitrogens with one attached hydrogen (secondary N) is 1. The molecule has 1 aromatic heterocycles. The Morgan fingerprint density at radius 3 is 2.54 bits per heavy atom. The van der Waals surface area contributed by atoms with Crippen LogP contribution in [0.1, 0.15) is 12.5 Å². The van der Waals surface area contributed by atoms with E-state index in [0.29, 0.717) is 17.6 Å². The van der Waals surface area contributed by atoms with Gasteiger partial charge in [-0.3, -0.25) is 5.43 Å². The zero-order chi connectivity index (χ0) is 18.1. The summed E-state index contributed by atoms with van der Waals surface area (Å²) in [4.78, 5) is 0. The normalized spacial score (nSPS) is 12.9. The fourth-order valence-corrected chi connectivity index (χ4v) is 3.32. The van der Waals surface area contributed by atoms with E-state index in [4.69, 9.17) is 4.74 Å². The van der Waals surface area contributed by atoms with E-state index in [1.54, 1.807) is 10.7 Å². The molecule has 2 aromatic carbocycles. The number of nitrogens with zero attached hydrogens (tertiary/aromatic N) is 3. The van der Waals surface area contributed by atoms with Crippen LogP contribution in [0.2, 0.25) is 0 Å². The monoisotopic (exact) mass is 368 g/mol. The number of ether oxygens (including phenoxy) is 1. The number of aromatic nitrogens is 3. The molecule has 1 aliphatic rings. The lowest BCUT2D eigenvalue weighted by molar-refractivity contribution is 0.340. The van der Waals surface area contributed by atoms with Crippen LogP contribution in [-0.2, 0) is 0 Å². The van der Waals surface area contributed by atoms with Gasteiger partial charge in [-0.2, -0.15) is 0 Å². The van der Waals surface area contributed by atoms with Gasteiger partial charge in [-0.15, -0.1) is 10.2 Å². The van der Waals surface area contributed by atoms with Crippen molar-refractivity contribution in [1.82, 2.24) is 14.9 Å². The quantitative estimate of drug-likeness (QED) is 0.608. The van der Waals surface area contributed by atoms with Gasteiger partial charge < -0.3 is 14.9 Å². The molecule has 0 spiro atoms. The summed E-state index contributed by atoms with van der Waals surface area (Å²) in [6, 6.07) is 12.3. The van der Waals surface area contributed by atoms with Gasteiger partial charge in [0.15, 0.2) is 17.3 Å². The van der Waals surface area contributed by atoms with Gasteiger partial charge in [0.25, 0.3) is 0 Å². The maximum absolute atomic E-state index is 9.73. The van der Waals surface area contributed by atoms with Crippen LogP contribution in [0.3, 0.4) is 0 Å². The van der Waals surface area contributed by atoms with Gasteiger partial charge in [0.05, 0.1) is 12.3 Å². The molecular formula is C18H16N4O3S. The van der Waals surface area contributed by atoms with Gasteiger partial charge in [0.2, 0.25) is 5.16 Å². The Hall–Kier alpha value is -3.13. The first kappa shape index (κ1) is 16.3. The van der Waals surface area contributed by atoms with E-state index in [9.17, 15) is 10.2 Å². The molecule has 132 valence electrons. The number of phenols is 2. The van der Waals surface area contributed by atoms with Gasteiger partial charge in [-0.05, 0) is 49.4 Å². The summed E-state index contributed by atoms with van der Waals surface area (Å²) in [6.45, 7) is 2.56. The summed E-state index contributed by atoms with van der Waals surface area (Å²) in [6.07, 6.45) is 0. The minimum absolute atomic E-state index is 0.155. The van der Waals surface area contributed by atoms with Crippen molar-refractivity contribution in [3.63, 3.8) is 0 Å². The van der Waals surface area contributed by atoms with E-state index in [-0.39, 0.29) is 11.5 Å². The average Bonchev–Trinajstić information content (AvgIpc) is 3.08. The second-order valence-corrected chi connectivity index (χ2v) is 6.40. The van der Waals surface area contributed by atoms with Crippen LogP contribution in [0.15, 0.2) is 53.0 Å². The molecule has 0 atom stereocenters. The van der Waals surface area contributed by atoms with Crippen LogP contribution in [-0.4, -0.2) is 31.7 Å². The molecule has 8 heteroatoms. The molecule has 0 unspecified atom stereocenters. The maximum Gasteiger partial charge on any atom is 0.214 e. The van der Waals surface area contributed by atoms with Crippen LogP contribution in [0.4, 0.5) is 0 Å². The van der Waals surface area contributed by atoms with Gasteiger partial charge in [0.1, 0.15) is 5.75 Å². The predicted molar refractivity (Wildman–Crippen MR) is 99.6 cm³/mol. The highest BCUT2D eigenvalue weighted by Gasteiger charge is 2.20. The molecule has 0 fully saturated rings. The highest BCUT2D eigenvalue weighted by molar-refractivity contribution is 8.02. The first-order valence-electron chi connectivity index (χ1n) is 8.00. The number of benzene rings is 2. The van der Waals surface area contributed by atoms with Crippen molar-refractivity contribution in [2.45, 2.75) is 12.1 Å². The Balaban J connectivity index is 1.64. The van der Waals surface area contributed by atoms with Gasteiger partial charge >= 0.3 is 0 Å². The molecule has 2 heterocycles. The molecular weight excluding hydrogens is 352 g/mol. The third-order valence-electron chi connectivity index (χ3n) is 3.86. The number of thioether (sulfide) groups is 1. The Morgan fingerprint density at radius 1 is 1.04 bits per heavy atom. The number of phenolic OH excluding ortho intramolecular Hbond substituents is 2. The second-order valence-electron chi connectivity index (χ2n) is 5.56. The molecule has 0 saturated carbocycles. The molecule has 0 bridgehead atoms. The van der Waals surface area contributed by atoms with Crippen molar-refractivity contribution >= 4 is 17.5 Å². The smallest absolute Gasteiger partial charge is 0.214 e. The second kappa shape index (κ2) is 6.64. The van der Waals surface area contributed by atoms with E-state index >= 15 is 0 Å². The van der Waals surface area contributed by atoms with Gasteiger partial charge in [-0.1, -0.05) is 11.8 Å². The van der Waals surface area contributed by atoms with Crippen LogP contribution < -0.4 is 10.2 Å². The summed E-state index contributed by atoms with van der Waals surface area (Å²) >= 11 is 1.42. The first-order valence-corrected chi connectivity index (χ1v) is 8.88. The van der Waals surface area contributed by atoms with Crippen LogP contribution in [0.25, 0.3) is 17.1 Å². The largest absolute Gasteiger partial charge is 0.504 e.